The van der Waals surface area contributed by atoms with Crippen LogP contribution in [0.15, 0.2) is 48.6 Å². The van der Waals surface area contributed by atoms with Gasteiger partial charge in [-0.25, -0.2) is 0 Å². The Bertz CT molecular complexity index is 782. The van der Waals surface area contributed by atoms with E-state index in [-0.39, 0.29) is 25.2 Å². The molecule has 0 aliphatic carbocycles. The van der Waals surface area contributed by atoms with Crippen LogP contribution in [-0.2, 0) is 19.1 Å². The highest BCUT2D eigenvalue weighted by molar-refractivity contribution is 5.70. The molecule has 0 aliphatic rings. The van der Waals surface area contributed by atoms with Gasteiger partial charge in [0.2, 0.25) is 0 Å². The first-order valence-electron chi connectivity index (χ1n) is 19.2. The minimum atomic E-state index is -0.790. The second kappa shape index (κ2) is 37.3. The van der Waals surface area contributed by atoms with Crippen LogP contribution in [-0.4, -0.2) is 36.4 Å². The molecule has 0 aromatic carbocycles. The molecule has 0 heterocycles. The number of hydrogen-bond donors (Lipinski definition) is 1. The molecule has 0 bridgehead atoms. The molecule has 0 radical (unpaired) electrons. The maximum atomic E-state index is 12.1. The average Bonchev–Trinajstić information content (AvgIpc) is 3.06. The van der Waals surface area contributed by atoms with Crippen molar-refractivity contribution >= 4 is 11.9 Å². The van der Waals surface area contributed by atoms with Crippen LogP contribution < -0.4 is 0 Å². The van der Waals surface area contributed by atoms with Gasteiger partial charge >= 0.3 is 11.9 Å². The van der Waals surface area contributed by atoms with Crippen LogP contribution in [0, 0.1) is 0 Å². The summed E-state index contributed by atoms with van der Waals surface area (Å²) in [5, 5.41) is 9.53. The molecule has 1 N–H and O–H groups in total. The molecular weight excluding hydrogens is 572 g/mol. The monoisotopic (exact) mass is 645 g/mol. The lowest BCUT2D eigenvalue weighted by molar-refractivity contribution is -0.161. The summed E-state index contributed by atoms with van der Waals surface area (Å²) in [6.07, 6.45) is 46.0. The number of allylic oxidation sites excluding steroid dienone is 8. The molecule has 266 valence electrons. The highest BCUT2D eigenvalue weighted by atomic mass is 16.6. The first kappa shape index (κ1) is 43.9. The summed E-state index contributed by atoms with van der Waals surface area (Å²) in [4.78, 5) is 24.2. The van der Waals surface area contributed by atoms with Gasteiger partial charge in [0.05, 0.1) is 6.61 Å². The predicted octanol–water partition coefficient (Wildman–Crippen LogP) is 11.8. The minimum Gasteiger partial charge on any atom is -0.462 e. The molecule has 5 heteroatoms. The molecule has 0 aliphatic heterocycles. The normalized spacial score (nSPS) is 12.7. The molecule has 0 aromatic heterocycles. The number of unbranched alkanes of at least 4 members (excludes halogenated alkanes) is 18. The van der Waals surface area contributed by atoms with Crippen molar-refractivity contribution < 1.29 is 24.2 Å². The molecule has 0 fully saturated rings. The van der Waals surface area contributed by atoms with E-state index in [4.69, 9.17) is 9.47 Å². The lowest BCUT2D eigenvalue weighted by Crippen LogP contribution is -2.28. The summed E-state index contributed by atoms with van der Waals surface area (Å²) in [6, 6.07) is 0. The van der Waals surface area contributed by atoms with Crippen LogP contribution in [0.3, 0.4) is 0 Å². The van der Waals surface area contributed by atoms with Crippen LogP contribution in [0.25, 0.3) is 0 Å². The largest absolute Gasteiger partial charge is 0.462 e. The van der Waals surface area contributed by atoms with E-state index < -0.39 is 6.10 Å². The molecule has 0 amide bonds. The van der Waals surface area contributed by atoms with E-state index in [0.717, 1.165) is 64.2 Å². The molecule has 0 aromatic rings. The number of aliphatic hydroxyl groups excluding tert-OH is 1. The maximum absolute atomic E-state index is 12.1. The molecule has 5 nitrogen and oxygen atoms in total. The summed E-state index contributed by atoms with van der Waals surface area (Å²) in [5.41, 5.74) is 0. The standard InChI is InChI=1S/C41H72O5/c1-3-5-7-9-11-13-15-17-19-20-22-23-25-27-29-31-33-35-40(43)45-38-39(37-42)46-41(44)36-34-32-30-28-26-24-21-18-16-14-12-10-8-6-4-2/h6,8,12,14,18,21,26,28,39,42H,3-5,7,9-11,13,15-17,19-20,22-25,27,29-38H2,1-2H3/b8-6+,14-12+,21-18+,28-26+/t39-/m0/s1. The minimum absolute atomic E-state index is 0.0814. The van der Waals surface area contributed by atoms with Crippen LogP contribution in [0.4, 0.5) is 0 Å². The smallest absolute Gasteiger partial charge is 0.306 e. The Hall–Kier alpha value is -2.14. The quantitative estimate of drug-likeness (QED) is 0.0429. The molecule has 0 unspecified atom stereocenters. The second-order valence-electron chi connectivity index (χ2n) is 12.6. The number of hydrogen-bond acceptors (Lipinski definition) is 5. The Kier molecular flexibility index (Phi) is 35.6. The summed E-state index contributed by atoms with van der Waals surface area (Å²) in [6.45, 7) is 3.99. The molecule has 0 spiro atoms. The highest BCUT2D eigenvalue weighted by Gasteiger charge is 2.16. The fourth-order valence-corrected chi connectivity index (χ4v) is 5.25. The number of carbonyl (C=O) groups excluding carboxylic acids is 2. The van der Waals surface area contributed by atoms with Crippen molar-refractivity contribution in [1.29, 1.82) is 0 Å². The topological polar surface area (TPSA) is 72.8 Å². The van der Waals surface area contributed by atoms with Crippen molar-refractivity contribution in [1.82, 2.24) is 0 Å². The van der Waals surface area contributed by atoms with Crippen molar-refractivity contribution in [2.24, 2.45) is 0 Å². The van der Waals surface area contributed by atoms with Crippen molar-refractivity contribution in [2.45, 2.75) is 187 Å². The van der Waals surface area contributed by atoms with Gasteiger partial charge in [0, 0.05) is 12.8 Å². The van der Waals surface area contributed by atoms with Gasteiger partial charge in [0.1, 0.15) is 6.61 Å². The van der Waals surface area contributed by atoms with Gasteiger partial charge in [-0.2, -0.15) is 0 Å². The third-order valence-electron chi connectivity index (χ3n) is 8.14. The zero-order valence-electron chi connectivity index (χ0n) is 30.1. The first-order valence-corrected chi connectivity index (χ1v) is 19.2. The summed E-state index contributed by atoms with van der Waals surface area (Å²) < 4.78 is 10.6. The van der Waals surface area contributed by atoms with E-state index in [1.54, 1.807) is 0 Å². The lowest BCUT2D eigenvalue weighted by atomic mass is 10.0. The molecule has 1 atom stereocenters. The number of ether oxygens (including phenoxy) is 2. The molecular formula is C41H72O5. The van der Waals surface area contributed by atoms with Gasteiger partial charge < -0.3 is 14.6 Å². The molecule has 0 rings (SSSR count). The van der Waals surface area contributed by atoms with Gasteiger partial charge in [-0.15, -0.1) is 0 Å². The van der Waals surface area contributed by atoms with Crippen molar-refractivity contribution in [3.63, 3.8) is 0 Å². The molecule has 0 saturated heterocycles. The zero-order valence-corrected chi connectivity index (χ0v) is 30.1. The van der Waals surface area contributed by atoms with Gasteiger partial charge in [0.15, 0.2) is 6.10 Å². The van der Waals surface area contributed by atoms with E-state index in [9.17, 15) is 14.7 Å². The third-order valence-corrected chi connectivity index (χ3v) is 8.14. The summed E-state index contributed by atoms with van der Waals surface area (Å²) in [7, 11) is 0. The average molecular weight is 645 g/mol. The van der Waals surface area contributed by atoms with Gasteiger partial charge in [-0.3, -0.25) is 9.59 Å². The Morgan fingerprint density at radius 1 is 0.522 bits per heavy atom. The van der Waals surface area contributed by atoms with E-state index in [0.29, 0.717) is 12.8 Å². The number of aliphatic hydroxyl groups is 1. The van der Waals surface area contributed by atoms with Crippen LogP contribution in [0.2, 0.25) is 0 Å². The van der Waals surface area contributed by atoms with Gasteiger partial charge in [-0.05, 0) is 51.4 Å². The Morgan fingerprint density at radius 3 is 1.41 bits per heavy atom. The predicted molar refractivity (Wildman–Crippen MR) is 196 cm³/mol. The van der Waals surface area contributed by atoms with Gasteiger partial charge in [0.25, 0.3) is 0 Å². The van der Waals surface area contributed by atoms with E-state index >= 15 is 0 Å². The van der Waals surface area contributed by atoms with Crippen molar-refractivity contribution in [3.05, 3.63) is 48.6 Å². The van der Waals surface area contributed by atoms with E-state index in [2.05, 4.69) is 62.5 Å². The maximum Gasteiger partial charge on any atom is 0.306 e. The van der Waals surface area contributed by atoms with E-state index in [1.807, 2.05) is 0 Å². The second-order valence-corrected chi connectivity index (χ2v) is 12.6. The fourth-order valence-electron chi connectivity index (χ4n) is 5.25. The van der Waals surface area contributed by atoms with Crippen molar-refractivity contribution in [3.8, 4) is 0 Å². The summed E-state index contributed by atoms with van der Waals surface area (Å²) in [5.74, 6) is -0.637. The van der Waals surface area contributed by atoms with E-state index in [1.165, 1.54) is 89.9 Å². The van der Waals surface area contributed by atoms with Gasteiger partial charge in [-0.1, -0.05) is 165 Å². The number of esters is 2. The van der Waals surface area contributed by atoms with Crippen LogP contribution in [0.5, 0.6) is 0 Å². The van der Waals surface area contributed by atoms with Crippen LogP contribution in [0.1, 0.15) is 181 Å². The van der Waals surface area contributed by atoms with Crippen LogP contribution >= 0.6 is 0 Å². The summed E-state index contributed by atoms with van der Waals surface area (Å²) >= 11 is 0. The van der Waals surface area contributed by atoms with Crippen molar-refractivity contribution in [2.75, 3.05) is 13.2 Å². The SMILES string of the molecule is CC/C=C/C/C=C/C/C=C/C/C=C/CCCCC(=O)O[C@@H](CO)COC(=O)CCCCCCCCCCCCCCCCCCC. The molecule has 46 heavy (non-hydrogen) atoms. The number of carbonyl (C=O) groups is 2. The highest BCUT2D eigenvalue weighted by Crippen LogP contribution is 2.14. The lowest BCUT2D eigenvalue weighted by Gasteiger charge is -2.15. The number of rotatable bonds is 34. The Labute approximate surface area is 284 Å². The first-order chi connectivity index (χ1) is 22.6. The fraction of sp³-hybridized carbons (Fsp3) is 0.756. The molecule has 0 saturated carbocycles. The zero-order chi connectivity index (χ0) is 33.6. The third kappa shape index (κ3) is 34.7. The Balaban J connectivity index is 3.61. The Morgan fingerprint density at radius 2 is 0.935 bits per heavy atom.